The Morgan fingerprint density at radius 3 is 2.78 bits per heavy atom. The Kier molecular flexibility index (Phi) is 3.69. The number of hydrogen-bond acceptors (Lipinski definition) is 4. The molecule has 0 amide bonds. The summed E-state index contributed by atoms with van der Waals surface area (Å²) in [7, 11) is 0. The third-order valence-electron chi connectivity index (χ3n) is 4.42. The Labute approximate surface area is 135 Å². The van der Waals surface area contributed by atoms with Crippen LogP contribution in [0.2, 0.25) is 0 Å². The van der Waals surface area contributed by atoms with Crippen molar-refractivity contribution in [3.63, 3.8) is 0 Å². The first kappa shape index (κ1) is 14.2. The first-order valence-corrected chi connectivity index (χ1v) is 8.34. The van der Waals surface area contributed by atoms with E-state index in [-0.39, 0.29) is 0 Å². The molecule has 0 radical (unpaired) electrons. The highest BCUT2D eigenvalue weighted by Crippen LogP contribution is 2.27. The number of nitrogens with zero attached hydrogens (tertiary/aromatic N) is 4. The number of rotatable bonds is 4. The van der Waals surface area contributed by atoms with Gasteiger partial charge in [-0.3, -0.25) is 0 Å². The number of aryl methyl sites for hydroxylation is 2. The average Bonchev–Trinajstić information content (AvgIpc) is 2.95. The van der Waals surface area contributed by atoms with Gasteiger partial charge in [0.05, 0.1) is 5.69 Å². The molecule has 0 atom stereocenters. The standard InChI is InChI=1S/C18H21N5/c1-13-20-18-21-16-10-6-5-9-15(16)17(23(18)22-13)19-12-11-14-7-3-2-4-8-14/h2-4,7-8,19H,5-6,9-12H2,1H3. The molecule has 23 heavy (non-hydrogen) atoms. The molecule has 1 N–H and O–H groups in total. The van der Waals surface area contributed by atoms with Crippen LogP contribution in [0.5, 0.6) is 0 Å². The predicted molar refractivity (Wildman–Crippen MR) is 90.8 cm³/mol. The van der Waals surface area contributed by atoms with Crippen LogP contribution in [0.15, 0.2) is 30.3 Å². The van der Waals surface area contributed by atoms with Crippen LogP contribution in [0.1, 0.15) is 35.5 Å². The minimum absolute atomic E-state index is 0.713. The van der Waals surface area contributed by atoms with E-state index in [0.29, 0.717) is 5.78 Å². The van der Waals surface area contributed by atoms with Crippen molar-refractivity contribution in [1.29, 1.82) is 0 Å². The Balaban J connectivity index is 1.64. The molecule has 1 aromatic carbocycles. The summed E-state index contributed by atoms with van der Waals surface area (Å²) in [6.07, 6.45) is 5.55. The Morgan fingerprint density at radius 2 is 1.91 bits per heavy atom. The summed E-state index contributed by atoms with van der Waals surface area (Å²) < 4.78 is 1.88. The molecule has 0 saturated carbocycles. The van der Waals surface area contributed by atoms with E-state index in [1.807, 2.05) is 11.4 Å². The number of nitrogens with one attached hydrogen (secondary N) is 1. The van der Waals surface area contributed by atoms with Gasteiger partial charge in [0, 0.05) is 12.1 Å². The largest absolute Gasteiger partial charge is 0.369 e. The molecule has 5 heteroatoms. The topological polar surface area (TPSA) is 55.1 Å². The van der Waals surface area contributed by atoms with Gasteiger partial charge in [0.2, 0.25) is 0 Å². The molecule has 3 aromatic rings. The van der Waals surface area contributed by atoms with E-state index in [4.69, 9.17) is 4.98 Å². The number of fused-ring (bicyclic) bond motifs is 2. The normalized spacial score (nSPS) is 14.0. The maximum atomic E-state index is 4.71. The highest BCUT2D eigenvalue weighted by Gasteiger charge is 2.19. The molecule has 0 fully saturated rings. The first-order chi connectivity index (χ1) is 11.3. The van der Waals surface area contributed by atoms with E-state index in [1.165, 1.54) is 29.7 Å². The molecule has 1 aliphatic rings. The van der Waals surface area contributed by atoms with Gasteiger partial charge in [0.15, 0.2) is 0 Å². The summed E-state index contributed by atoms with van der Waals surface area (Å²) in [5.41, 5.74) is 3.86. The predicted octanol–water partition coefficient (Wildman–Crippen LogP) is 2.97. The van der Waals surface area contributed by atoms with Crippen LogP contribution >= 0.6 is 0 Å². The van der Waals surface area contributed by atoms with Crippen molar-refractivity contribution in [1.82, 2.24) is 19.6 Å². The van der Waals surface area contributed by atoms with E-state index in [9.17, 15) is 0 Å². The lowest BCUT2D eigenvalue weighted by Crippen LogP contribution is -2.17. The molecule has 0 unspecified atom stereocenters. The second-order valence-corrected chi connectivity index (χ2v) is 6.13. The minimum Gasteiger partial charge on any atom is -0.369 e. The second-order valence-electron chi connectivity index (χ2n) is 6.13. The van der Waals surface area contributed by atoms with Crippen LogP contribution in [0.25, 0.3) is 5.78 Å². The molecule has 0 spiro atoms. The van der Waals surface area contributed by atoms with Crippen molar-refractivity contribution in [2.24, 2.45) is 0 Å². The van der Waals surface area contributed by atoms with E-state index in [1.54, 1.807) is 0 Å². The monoisotopic (exact) mass is 307 g/mol. The summed E-state index contributed by atoms with van der Waals surface area (Å²) in [5.74, 6) is 2.57. The first-order valence-electron chi connectivity index (χ1n) is 8.34. The molecule has 2 aromatic heterocycles. The van der Waals surface area contributed by atoms with Gasteiger partial charge in [-0.1, -0.05) is 30.3 Å². The summed E-state index contributed by atoms with van der Waals surface area (Å²) >= 11 is 0. The fraction of sp³-hybridized carbons (Fsp3) is 0.389. The summed E-state index contributed by atoms with van der Waals surface area (Å²) in [6.45, 7) is 2.80. The quantitative estimate of drug-likeness (QED) is 0.805. The van der Waals surface area contributed by atoms with Gasteiger partial charge >= 0.3 is 0 Å². The summed E-state index contributed by atoms with van der Waals surface area (Å²) in [5, 5.41) is 8.13. The van der Waals surface area contributed by atoms with Gasteiger partial charge in [0.1, 0.15) is 11.6 Å². The summed E-state index contributed by atoms with van der Waals surface area (Å²) in [4.78, 5) is 9.16. The Morgan fingerprint density at radius 1 is 1.09 bits per heavy atom. The third kappa shape index (κ3) is 2.79. The minimum atomic E-state index is 0.713. The zero-order valence-corrected chi connectivity index (χ0v) is 13.4. The van der Waals surface area contributed by atoms with E-state index >= 15 is 0 Å². The SMILES string of the molecule is Cc1nc2nc3c(c(NCCc4ccccc4)n2n1)CCCC3. The molecule has 2 heterocycles. The van der Waals surface area contributed by atoms with Crippen molar-refractivity contribution in [3.8, 4) is 0 Å². The fourth-order valence-electron chi connectivity index (χ4n) is 3.29. The Bertz CT molecular complexity index is 822. The van der Waals surface area contributed by atoms with Crippen LogP contribution in [0, 0.1) is 6.92 Å². The lowest BCUT2D eigenvalue weighted by molar-refractivity contribution is 0.660. The van der Waals surface area contributed by atoms with Crippen LogP contribution in [-0.4, -0.2) is 26.1 Å². The van der Waals surface area contributed by atoms with Gasteiger partial charge in [-0.15, -0.1) is 5.10 Å². The molecule has 5 nitrogen and oxygen atoms in total. The number of anilines is 1. The fourth-order valence-corrected chi connectivity index (χ4v) is 3.29. The maximum absolute atomic E-state index is 4.71. The zero-order valence-electron chi connectivity index (χ0n) is 13.4. The van der Waals surface area contributed by atoms with Gasteiger partial charge in [-0.2, -0.15) is 9.50 Å². The van der Waals surface area contributed by atoms with Gasteiger partial charge in [0.25, 0.3) is 5.78 Å². The molecule has 4 rings (SSSR count). The lowest BCUT2D eigenvalue weighted by Gasteiger charge is -2.19. The molecular weight excluding hydrogens is 286 g/mol. The van der Waals surface area contributed by atoms with E-state index in [2.05, 4.69) is 45.7 Å². The molecule has 1 aliphatic carbocycles. The molecule has 0 bridgehead atoms. The van der Waals surface area contributed by atoms with Crippen molar-refractivity contribution >= 4 is 11.6 Å². The van der Waals surface area contributed by atoms with Gasteiger partial charge in [-0.25, -0.2) is 4.98 Å². The smallest absolute Gasteiger partial charge is 0.254 e. The maximum Gasteiger partial charge on any atom is 0.254 e. The number of hydrogen-bond donors (Lipinski definition) is 1. The van der Waals surface area contributed by atoms with Crippen LogP contribution < -0.4 is 5.32 Å². The van der Waals surface area contributed by atoms with Gasteiger partial charge < -0.3 is 5.32 Å². The van der Waals surface area contributed by atoms with Crippen LogP contribution in [0.3, 0.4) is 0 Å². The highest BCUT2D eigenvalue weighted by atomic mass is 15.4. The highest BCUT2D eigenvalue weighted by molar-refractivity contribution is 5.54. The Hall–Kier alpha value is -2.43. The van der Waals surface area contributed by atoms with Crippen molar-refractivity contribution < 1.29 is 0 Å². The van der Waals surface area contributed by atoms with Crippen LogP contribution in [0.4, 0.5) is 5.82 Å². The summed E-state index contributed by atoms with van der Waals surface area (Å²) in [6, 6.07) is 10.6. The lowest BCUT2D eigenvalue weighted by atomic mass is 9.96. The van der Waals surface area contributed by atoms with Crippen LogP contribution in [-0.2, 0) is 19.3 Å². The molecule has 0 aliphatic heterocycles. The van der Waals surface area contributed by atoms with Crippen molar-refractivity contribution in [2.45, 2.75) is 39.0 Å². The third-order valence-corrected chi connectivity index (χ3v) is 4.42. The zero-order chi connectivity index (χ0) is 15.6. The molecule has 0 saturated heterocycles. The molecule has 118 valence electrons. The van der Waals surface area contributed by atoms with Gasteiger partial charge in [-0.05, 0) is 44.6 Å². The number of aromatic nitrogens is 4. The number of benzene rings is 1. The molecular formula is C18H21N5. The average molecular weight is 307 g/mol. The van der Waals surface area contributed by atoms with Crippen molar-refractivity contribution in [3.05, 3.63) is 53.0 Å². The van der Waals surface area contributed by atoms with Crippen molar-refractivity contribution in [2.75, 3.05) is 11.9 Å². The second kappa shape index (κ2) is 5.99. The van der Waals surface area contributed by atoms with E-state index < -0.39 is 0 Å². The van der Waals surface area contributed by atoms with E-state index in [0.717, 1.165) is 37.4 Å².